The van der Waals surface area contributed by atoms with Gasteiger partial charge in [-0.1, -0.05) is 19.9 Å². The molecule has 7 nitrogen and oxygen atoms in total. The van der Waals surface area contributed by atoms with Crippen LogP contribution in [0.1, 0.15) is 31.1 Å². The van der Waals surface area contributed by atoms with Crippen molar-refractivity contribution >= 4 is 29.2 Å². The minimum absolute atomic E-state index is 0.0863. The van der Waals surface area contributed by atoms with Crippen molar-refractivity contribution in [1.29, 1.82) is 0 Å². The van der Waals surface area contributed by atoms with Crippen LogP contribution in [-0.2, 0) is 14.3 Å². The largest absolute Gasteiger partial charge is 0.482 e. The number of nitrogens with one attached hydrogen (secondary N) is 2. The van der Waals surface area contributed by atoms with Crippen LogP contribution >= 0.6 is 0 Å². The lowest BCUT2D eigenvalue weighted by Gasteiger charge is -2.10. The summed E-state index contributed by atoms with van der Waals surface area (Å²) >= 11 is 0. The molecule has 28 heavy (non-hydrogen) atoms. The van der Waals surface area contributed by atoms with Crippen molar-refractivity contribution in [2.24, 2.45) is 5.92 Å². The molecule has 2 rings (SSSR count). The van der Waals surface area contributed by atoms with E-state index in [0.29, 0.717) is 22.7 Å². The van der Waals surface area contributed by atoms with Gasteiger partial charge in [0.2, 0.25) is 5.91 Å². The second kappa shape index (κ2) is 10.1. The van der Waals surface area contributed by atoms with Crippen LogP contribution in [0.5, 0.6) is 5.75 Å². The zero-order chi connectivity index (χ0) is 20.5. The van der Waals surface area contributed by atoms with Crippen molar-refractivity contribution < 1.29 is 23.9 Å². The maximum absolute atomic E-state index is 12.4. The molecule has 7 heteroatoms. The van der Waals surface area contributed by atoms with Crippen LogP contribution < -0.4 is 15.4 Å². The van der Waals surface area contributed by atoms with Gasteiger partial charge in [-0.2, -0.15) is 0 Å². The molecule has 0 aliphatic rings. The van der Waals surface area contributed by atoms with Gasteiger partial charge in [-0.3, -0.25) is 9.59 Å². The van der Waals surface area contributed by atoms with Gasteiger partial charge in [-0.15, -0.1) is 0 Å². The number of carbonyl (C=O) groups is 3. The van der Waals surface area contributed by atoms with E-state index in [1.54, 1.807) is 55.5 Å². The average molecular weight is 384 g/mol. The Morgan fingerprint density at radius 1 is 0.964 bits per heavy atom. The van der Waals surface area contributed by atoms with E-state index in [2.05, 4.69) is 10.6 Å². The molecular weight excluding hydrogens is 360 g/mol. The van der Waals surface area contributed by atoms with Crippen LogP contribution in [0.25, 0.3) is 0 Å². The van der Waals surface area contributed by atoms with Gasteiger partial charge >= 0.3 is 5.97 Å². The van der Waals surface area contributed by atoms with E-state index in [1.807, 2.05) is 13.8 Å². The highest BCUT2D eigenvalue weighted by molar-refractivity contribution is 6.04. The third-order valence-corrected chi connectivity index (χ3v) is 3.69. The predicted octanol–water partition coefficient (Wildman–Crippen LogP) is 3.48. The molecule has 0 aromatic heterocycles. The number of amides is 2. The van der Waals surface area contributed by atoms with Crippen molar-refractivity contribution in [2.45, 2.75) is 20.8 Å². The summed E-state index contributed by atoms with van der Waals surface area (Å²) in [4.78, 5) is 35.5. The van der Waals surface area contributed by atoms with Gasteiger partial charge < -0.3 is 20.1 Å². The SMILES string of the molecule is CCOC(=O)COc1cccc(NC(=O)c2ccc(NC(=O)C(C)C)cc2)c1. The summed E-state index contributed by atoms with van der Waals surface area (Å²) in [6.45, 7) is 5.43. The molecule has 2 amide bonds. The lowest BCUT2D eigenvalue weighted by Crippen LogP contribution is -2.18. The number of hydrogen-bond donors (Lipinski definition) is 2. The second-order valence-electron chi connectivity index (χ2n) is 6.30. The quantitative estimate of drug-likeness (QED) is 0.680. The molecule has 148 valence electrons. The van der Waals surface area contributed by atoms with E-state index >= 15 is 0 Å². The Morgan fingerprint density at radius 2 is 1.68 bits per heavy atom. The highest BCUT2D eigenvalue weighted by Crippen LogP contribution is 2.19. The first kappa shape index (κ1) is 21.0. The maximum atomic E-state index is 12.4. The molecule has 0 unspecified atom stereocenters. The van der Waals surface area contributed by atoms with Gasteiger partial charge in [0.1, 0.15) is 5.75 Å². The topological polar surface area (TPSA) is 93.7 Å². The number of anilines is 2. The molecule has 0 aliphatic carbocycles. The zero-order valence-corrected chi connectivity index (χ0v) is 16.2. The average Bonchev–Trinajstić information content (AvgIpc) is 2.67. The fourth-order valence-electron chi connectivity index (χ4n) is 2.20. The molecule has 2 aromatic carbocycles. The highest BCUT2D eigenvalue weighted by Gasteiger charge is 2.10. The Morgan fingerprint density at radius 3 is 2.32 bits per heavy atom. The lowest BCUT2D eigenvalue weighted by atomic mass is 10.1. The minimum Gasteiger partial charge on any atom is -0.482 e. The van der Waals surface area contributed by atoms with Crippen molar-refractivity contribution in [1.82, 2.24) is 0 Å². The molecule has 2 N–H and O–H groups in total. The van der Waals surface area contributed by atoms with E-state index < -0.39 is 5.97 Å². The molecule has 0 saturated carbocycles. The summed E-state index contributed by atoms with van der Waals surface area (Å²) in [7, 11) is 0. The molecule has 0 saturated heterocycles. The van der Waals surface area contributed by atoms with Crippen LogP contribution in [0.4, 0.5) is 11.4 Å². The second-order valence-corrected chi connectivity index (χ2v) is 6.30. The van der Waals surface area contributed by atoms with E-state index in [-0.39, 0.29) is 30.9 Å². The van der Waals surface area contributed by atoms with E-state index in [9.17, 15) is 14.4 Å². The first-order chi connectivity index (χ1) is 13.4. The maximum Gasteiger partial charge on any atom is 0.344 e. The van der Waals surface area contributed by atoms with Gasteiger partial charge in [-0.05, 0) is 43.3 Å². The summed E-state index contributed by atoms with van der Waals surface area (Å²) in [5.41, 5.74) is 1.61. The fraction of sp³-hybridized carbons (Fsp3) is 0.286. The van der Waals surface area contributed by atoms with Gasteiger partial charge in [0.05, 0.1) is 6.61 Å². The summed E-state index contributed by atoms with van der Waals surface area (Å²) < 4.78 is 10.2. The van der Waals surface area contributed by atoms with Crippen LogP contribution in [0.15, 0.2) is 48.5 Å². The highest BCUT2D eigenvalue weighted by atomic mass is 16.6. The van der Waals surface area contributed by atoms with Crippen molar-refractivity contribution in [3.05, 3.63) is 54.1 Å². The summed E-state index contributed by atoms with van der Waals surface area (Å²) in [5.74, 6) is -0.526. The fourth-order valence-corrected chi connectivity index (χ4v) is 2.20. The van der Waals surface area contributed by atoms with Gasteiger partial charge in [0, 0.05) is 28.9 Å². The summed E-state index contributed by atoms with van der Waals surface area (Å²) in [6, 6.07) is 13.3. The van der Waals surface area contributed by atoms with Crippen molar-refractivity contribution in [3.63, 3.8) is 0 Å². The van der Waals surface area contributed by atoms with Crippen LogP contribution in [-0.4, -0.2) is 31.0 Å². The molecule has 0 fully saturated rings. The Hall–Kier alpha value is -3.35. The molecule has 0 atom stereocenters. The van der Waals surface area contributed by atoms with Crippen LogP contribution in [0, 0.1) is 5.92 Å². The molecule has 0 radical (unpaired) electrons. The van der Waals surface area contributed by atoms with Crippen molar-refractivity contribution in [3.8, 4) is 5.75 Å². The normalized spacial score (nSPS) is 10.3. The zero-order valence-electron chi connectivity index (χ0n) is 16.2. The monoisotopic (exact) mass is 384 g/mol. The number of carbonyl (C=O) groups excluding carboxylic acids is 3. The Balaban J connectivity index is 1.96. The van der Waals surface area contributed by atoms with E-state index in [1.165, 1.54) is 0 Å². The number of benzene rings is 2. The standard InChI is InChI=1S/C21H24N2O5/c1-4-27-19(24)13-28-18-7-5-6-17(12-18)23-21(26)15-8-10-16(11-9-15)22-20(25)14(2)3/h5-12,14H,4,13H2,1-3H3,(H,22,25)(H,23,26). The molecule has 0 bridgehead atoms. The van der Waals surface area contributed by atoms with E-state index in [4.69, 9.17) is 9.47 Å². The van der Waals surface area contributed by atoms with Gasteiger partial charge in [-0.25, -0.2) is 4.79 Å². The van der Waals surface area contributed by atoms with E-state index in [0.717, 1.165) is 0 Å². The number of hydrogen-bond acceptors (Lipinski definition) is 5. The lowest BCUT2D eigenvalue weighted by molar-refractivity contribution is -0.145. The molecule has 0 aliphatic heterocycles. The first-order valence-electron chi connectivity index (χ1n) is 8.99. The molecule has 2 aromatic rings. The van der Waals surface area contributed by atoms with Crippen LogP contribution in [0.2, 0.25) is 0 Å². The molecule has 0 heterocycles. The van der Waals surface area contributed by atoms with Crippen LogP contribution in [0.3, 0.4) is 0 Å². The third kappa shape index (κ3) is 6.42. The first-order valence-corrected chi connectivity index (χ1v) is 8.99. The molecule has 0 spiro atoms. The minimum atomic E-state index is -0.457. The number of rotatable bonds is 8. The van der Waals surface area contributed by atoms with Gasteiger partial charge in [0.25, 0.3) is 5.91 Å². The Kier molecular flexibility index (Phi) is 7.56. The Bertz CT molecular complexity index is 831. The van der Waals surface area contributed by atoms with Crippen molar-refractivity contribution in [2.75, 3.05) is 23.8 Å². The summed E-state index contributed by atoms with van der Waals surface area (Å²) in [5, 5.41) is 5.54. The third-order valence-electron chi connectivity index (χ3n) is 3.69. The number of esters is 1. The molecular formula is C21H24N2O5. The van der Waals surface area contributed by atoms with Gasteiger partial charge in [0.15, 0.2) is 6.61 Å². The Labute approximate surface area is 164 Å². The smallest absolute Gasteiger partial charge is 0.344 e. The summed E-state index contributed by atoms with van der Waals surface area (Å²) in [6.07, 6.45) is 0. The number of ether oxygens (including phenoxy) is 2. The predicted molar refractivity (Wildman–Crippen MR) is 106 cm³/mol.